The number of likely N-dealkylation sites (tertiary alicyclic amines) is 1. The Hall–Kier alpha value is -1.63. The first kappa shape index (κ1) is 17.7. The van der Waals surface area contributed by atoms with Crippen LogP contribution in [0.4, 0.5) is 0 Å². The van der Waals surface area contributed by atoms with E-state index >= 15 is 0 Å². The number of hydrogen-bond acceptors (Lipinski definition) is 4. The van der Waals surface area contributed by atoms with Crippen LogP contribution < -0.4 is 10.6 Å². The maximum absolute atomic E-state index is 12.0. The number of aromatic nitrogens is 1. The molecule has 0 aromatic carbocycles. The summed E-state index contributed by atoms with van der Waals surface area (Å²) < 4.78 is 0. The Morgan fingerprint density at radius 3 is 2.83 bits per heavy atom. The van der Waals surface area contributed by atoms with E-state index in [4.69, 9.17) is 0 Å². The van der Waals surface area contributed by atoms with Crippen molar-refractivity contribution in [3.8, 4) is 0 Å². The predicted octanol–water partition coefficient (Wildman–Crippen LogP) is 1.56. The van der Waals surface area contributed by atoms with Crippen molar-refractivity contribution in [2.75, 3.05) is 32.7 Å². The summed E-state index contributed by atoms with van der Waals surface area (Å²) >= 11 is 1.71. The lowest BCUT2D eigenvalue weighted by Gasteiger charge is -2.15. The van der Waals surface area contributed by atoms with Crippen molar-refractivity contribution < 1.29 is 4.79 Å². The molecule has 1 fully saturated rings. The summed E-state index contributed by atoms with van der Waals surface area (Å²) in [6.45, 7) is 7.64. The summed E-state index contributed by atoms with van der Waals surface area (Å²) in [5.74, 6) is 0.841. The van der Waals surface area contributed by atoms with Gasteiger partial charge in [0.05, 0.1) is 5.01 Å². The predicted molar refractivity (Wildman–Crippen MR) is 95.0 cm³/mol. The number of amides is 1. The Labute approximate surface area is 142 Å². The minimum Gasteiger partial charge on any atom is -0.357 e. The molecule has 0 spiro atoms. The molecule has 0 bridgehead atoms. The van der Waals surface area contributed by atoms with Crippen LogP contribution >= 0.6 is 11.3 Å². The van der Waals surface area contributed by atoms with Gasteiger partial charge in [0.1, 0.15) is 6.54 Å². The van der Waals surface area contributed by atoms with E-state index in [1.165, 1.54) is 5.01 Å². The summed E-state index contributed by atoms with van der Waals surface area (Å²) in [7, 11) is 0. The van der Waals surface area contributed by atoms with Gasteiger partial charge in [-0.05, 0) is 33.1 Å². The fourth-order valence-electron chi connectivity index (χ4n) is 2.52. The van der Waals surface area contributed by atoms with Gasteiger partial charge < -0.3 is 15.5 Å². The van der Waals surface area contributed by atoms with Crippen LogP contribution in [0, 0.1) is 6.92 Å². The number of aryl methyl sites for hydroxylation is 2. The third kappa shape index (κ3) is 6.17. The van der Waals surface area contributed by atoms with Gasteiger partial charge in [-0.25, -0.2) is 9.98 Å². The van der Waals surface area contributed by atoms with Crippen LogP contribution in [0.3, 0.4) is 0 Å². The Kier molecular flexibility index (Phi) is 7.32. The summed E-state index contributed by atoms with van der Waals surface area (Å²) in [5.41, 5.74) is 1.09. The van der Waals surface area contributed by atoms with Crippen LogP contribution in [0.15, 0.2) is 10.4 Å². The number of carbonyl (C=O) groups excluding carboxylic acids is 1. The molecule has 1 aliphatic heterocycles. The third-order valence-electron chi connectivity index (χ3n) is 3.70. The molecule has 0 aliphatic carbocycles. The van der Waals surface area contributed by atoms with E-state index in [0.29, 0.717) is 0 Å². The number of nitrogens with zero attached hydrogens (tertiary/aromatic N) is 3. The van der Waals surface area contributed by atoms with Gasteiger partial charge in [-0.15, -0.1) is 11.3 Å². The molecule has 7 heteroatoms. The molecule has 23 heavy (non-hydrogen) atoms. The summed E-state index contributed by atoms with van der Waals surface area (Å²) in [6, 6.07) is 0. The average molecular weight is 337 g/mol. The van der Waals surface area contributed by atoms with Gasteiger partial charge in [0, 0.05) is 43.7 Å². The Morgan fingerprint density at radius 2 is 2.17 bits per heavy atom. The second-order valence-corrected chi connectivity index (χ2v) is 6.64. The second-order valence-electron chi connectivity index (χ2n) is 5.70. The first-order chi connectivity index (χ1) is 11.2. The van der Waals surface area contributed by atoms with E-state index in [0.717, 1.165) is 63.5 Å². The van der Waals surface area contributed by atoms with Crippen molar-refractivity contribution in [3.05, 3.63) is 16.1 Å². The molecule has 0 unspecified atom stereocenters. The topological polar surface area (TPSA) is 69.6 Å². The molecule has 1 amide bonds. The standard InChI is InChI=1S/C16H27N5OS/c1-3-17-16(19-11-15(22)21-9-4-5-10-21)18-8-6-7-14-20-13(2)12-23-14/h12H,3-11H2,1-2H3,(H2,17,18,19). The Balaban J connectivity index is 1.71. The highest BCUT2D eigenvalue weighted by molar-refractivity contribution is 7.09. The highest BCUT2D eigenvalue weighted by Crippen LogP contribution is 2.10. The molecule has 2 heterocycles. The van der Waals surface area contributed by atoms with Gasteiger partial charge in [-0.2, -0.15) is 0 Å². The minimum atomic E-state index is 0.123. The normalized spacial score (nSPS) is 15.0. The summed E-state index contributed by atoms with van der Waals surface area (Å²) in [6.07, 6.45) is 4.20. The van der Waals surface area contributed by atoms with E-state index in [9.17, 15) is 4.79 Å². The fraction of sp³-hybridized carbons (Fsp3) is 0.688. The van der Waals surface area contributed by atoms with E-state index < -0.39 is 0 Å². The molecule has 6 nitrogen and oxygen atoms in total. The molecule has 0 saturated carbocycles. The zero-order valence-electron chi connectivity index (χ0n) is 14.1. The average Bonchev–Trinajstić information content (AvgIpc) is 3.20. The smallest absolute Gasteiger partial charge is 0.244 e. The third-order valence-corrected chi connectivity index (χ3v) is 4.73. The lowest BCUT2D eigenvalue weighted by molar-refractivity contribution is -0.128. The molecule has 2 rings (SSSR count). The lowest BCUT2D eigenvalue weighted by Crippen LogP contribution is -2.39. The van der Waals surface area contributed by atoms with Gasteiger partial charge in [-0.3, -0.25) is 4.79 Å². The van der Waals surface area contributed by atoms with Gasteiger partial charge in [-0.1, -0.05) is 0 Å². The van der Waals surface area contributed by atoms with Gasteiger partial charge in [0.15, 0.2) is 5.96 Å². The second kappa shape index (κ2) is 9.50. The molecule has 2 N–H and O–H groups in total. The minimum absolute atomic E-state index is 0.123. The first-order valence-electron chi connectivity index (χ1n) is 8.40. The van der Waals surface area contributed by atoms with Gasteiger partial charge >= 0.3 is 0 Å². The zero-order chi connectivity index (χ0) is 16.5. The Bertz CT molecular complexity index is 522. The molecule has 0 radical (unpaired) electrons. The van der Waals surface area contributed by atoms with E-state index in [-0.39, 0.29) is 12.5 Å². The monoisotopic (exact) mass is 337 g/mol. The van der Waals surface area contributed by atoms with Gasteiger partial charge in [0.25, 0.3) is 0 Å². The highest BCUT2D eigenvalue weighted by Gasteiger charge is 2.17. The number of guanidine groups is 1. The number of nitrogens with one attached hydrogen (secondary N) is 2. The maximum Gasteiger partial charge on any atom is 0.244 e. The molecule has 1 aromatic heterocycles. The van der Waals surface area contributed by atoms with E-state index in [2.05, 4.69) is 26.0 Å². The van der Waals surface area contributed by atoms with Crippen molar-refractivity contribution in [2.45, 2.75) is 39.5 Å². The molecule has 1 aliphatic rings. The lowest BCUT2D eigenvalue weighted by atomic mass is 10.3. The van der Waals surface area contributed by atoms with Crippen LogP contribution in [-0.4, -0.2) is 54.5 Å². The number of aliphatic imine (C=N–C) groups is 1. The molecule has 1 saturated heterocycles. The van der Waals surface area contributed by atoms with Crippen LogP contribution in [0.2, 0.25) is 0 Å². The van der Waals surface area contributed by atoms with E-state index in [1.807, 2.05) is 18.7 Å². The molecular weight excluding hydrogens is 310 g/mol. The van der Waals surface area contributed by atoms with Crippen molar-refractivity contribution in [1.82, 2.24) is 20.5 Å². The molecular formula is C16H27N5OS. The van der Waals surface area contributed by atoms with Crippen LogP contribution in [0.5, 0.6) is 0 Å². The highest BCUT2D eigenvalue weighted by atomic mass is 32.1. The van der Waals surface area contributed by atoms with Crippen molar-refractivity contribution >= 4 is 23.2 Å². The molecule has 128 valence electrons. The number of rotatable bonds is 7. The van der Waals surface area contributed by atoms with Crippen LogP contribution in [0.25, 0.3) is 0 Å². The quantitative estimate of drug-likeness (QED) is 0.450. The summed E-state index contributed by atoms with van der Waals surface area (Å²) in [5, 5.41) is 9.73. The van der Waals surface area contributed by atoms with Crippen LogP contribution in [-0.2, 0) is 11.2 Å². The number of hydrogen-bond donors (Lipinski definition) is 2. The summed E-state index contributed by atoms with van der Waals surface area (Å²) in [4.78, 5) is 22.8. The molecule has 0 atom stereocenters. The molecule has 1 aromatic rings. The van der Waals surface area contributed by atoms with Crippen LogP contribution in [0.1, 0.15) is 36.9 Å². The Morgan fingerprint density at radius 1 is 1.39 bits per heavy atom. The zero-order valence-corrected chi connectivity index (χ0v) is 14.9. The number of thiazole rings is 1. The van der Waals surface area contributed by atoms with Gasteiger partial charge in [0.2, 0.25) is 5.91 Å². The van der Waals surface area contributed by atoms with Crippen molar-refractivity contribution in [2.24, 2.45) is 4.99 Å². The fourth-order valence-corrected chi connectivity index (χ4v) is 3.34. The van der Waals surface area contributed by atoms with E-state index in [1.54, 1.807) is 11.3 Å². The number of carbonyl (C=O) groups is 1. The van der Waals surface area contributed by atoms with Crippen molar-refractivity contribution in [1.29, 1.82) is 0 Å². The largest absolute Gasteiger partial charge is 0.357 e. The SMILES string of the molecule is CCNC(=NCC(=O)N1CCCC1)NCCCc1nc(C)cs1. The van der Waals surface area contributed by atoms with Crippen molar-refractivity contribution in [3.63, 3.8) is 0 Å². The maximum atomic E-state index is 12.0. The first-order valence-corrected chi connectivity index (χ1v) is 9.28.